The molecule has 10 heteroatoms. The summed E-state index contributed by atoms with van der Waals surface area (Å²) >= 11 is 5.70. The molecule has 1 aromatic carbocycles. The van der Waals surface area contributed by atoms with Gasteiger partial charge in [-0.25, -0.2) is 8.42 Å². The second kappa shape index (κ2) is 6.03. The minimum absolute atomic E-state index is 0.0515. The van der Waals surface area contributed by atoms with Crippen molar-refractivity contribution in [2.75, 3.05) is 7.05 Å². The van der Waals surface area contributed by atoms with E-state index in [0.29, 0.717) is 5.56 Å². The lowest BCUT2D eigenvalue weighted by molar-refractivity contribution is -0.387. The molecule has 0 radical (unpaired) electrons. The maximum Gasteiger partial charge on any atom is 0.290 e. The first-order valence-electron chi connectivity index (χ1n) is 6.09. The van der Waals surface area contributed by atoms with E-state index in [9.17, 15) is 18.5 Å². The summed E-state index contributed by atoms with van der Waals surface area (Å²) in [4.78, 5) is 9.89. The number of rotatable bonds is 5. The van der Waals surface area contributed by atoms with Crippen molar-refractivity contribution in [1.82, 2.24) is 14.1 Å². The van der Waals surface area contributed by atoms with E-state index < -0.39 is 25.5 Å². The Morgan fingerprint density at radius 1 is 1.45 bits per heavy atom. The highest BCUT2D eigenvalue weighted by atomic mass is 35.5. The average molecular weight is 345 g/mol. The quantitative estimate of drug-likeness (QED) is 0.608. The van der Waals surface area contributed by atoms with Crippen molar-refractivity contribution in [3.63, 3.8) is 0 Å². The molecule has 8 nitrogen and oxygen atoms in total. The zero-order chi connectivity index (χ0) is 16.5. The number of aromatic nitrogens is 2. The van der Waals surface area contributed by atoms with Crippen LogP contribution in [0.5, 0.6) is 0 Å². The van der Waals surface area contributed by atoms with Crippen LogP contribution in [-0.4, -0.2) is 34.5 Å². The van der Waals surface area contributed by atoms with Gasteiger partial charge >= 0.3 is 0 Å². The van der Waals surface area contributed by atoms with Crippen molar-refractivity contribution in [3.8, 4) is 0 Å². The predicted octanol–water partition coefficient (Wildman–Crippen LogP) is 1.80. The van der Waals surface area contributed by atoms with Gasteiger partial charge in [0.15, 0.2) is 4.90 Å². The Morgan fingerprint density at radius 3 is 2.68 bits per heavy atom. The number of sulfonamides is 1. The average Bonchev–Trinajstić information content (AvgIpc) is 2.83. The third-order valence-electron chi connectivity index (χ3n) is 2.97. The summed E-state index contributed by atoms with van der Waals surface area (Å²) < 4.78 is 27.6. The second-order valence-corrected chi connectivity index (χ2v) is 7.10. The van der Waals surface area contributed by atoms with Crippen LogP contribution in [0.1, 0.15) is 5.56 Å². The van der Waals surface area contributed by atoms with E-state index in [2.05, 4.69) is 5.10 Å². The number of nitrogens with zero attached hydrogens (tertiary/aromatic N) is 4. The van der Waals surface area contributed by atoms with E-state index in [1.165, 1.54) is 19.3 Å². The van der Waals surface area contributed by atoms with Crippen molar-refractivity contribution in [2.24, 2.45) is 7.05 Å². The molecule has 0 fully saturated rings. The van der Waals surface area contributed by atoms with Crippen LogP contribution in [0.4, 0.5) is 5.69 Å². The SMILES string of the molecule is CN(Cc1cnn(C)c1)S(=O)(=O)c1ccc(Cl)cc1[N+](=O)[O-]. The molecule has 0 aliphatic rings. The highest BCUT2D eigenvalue weighted by Gasteiger charge is 2.30. The largest absolute Gasteiger partial charge is 0.290 e. The number of halogens is 1. The molecule has 22 heavy (non-hydrogen) atoms. The molecular weight excluding hydrogens is 332 g/mol. The van der Waals surface area contributed by atoms with Crippen LogP contribution >= 0.6 is 11.6 Å². The van der Waals surface area contributed by atoms with E-state index in [1.54, 1.807) is 17.9 Å². The molecule has 0 atom stereocenters. The zero-order valence-corrected chi connectivity index (χ0v) is 13.4. The lowest BCUT2D eigenvalue weighted by atomic mass is 10.3. The molecule has 0 aliphatic heterocycles. The first kappa shape index (κ1) is 16.4. The predicted molar refractivity (Wildman–Crippen MR) is 80.0 cm³/mol. The standard InChI is InChI=1S/C12H13ClN4O4S/c1-15-7-9(6-14-15)8-16(2)22(20,21)12-4-3-10(13)5-11(12)17(18)19/h3-7H,8H2,1-2H3. The fraction of sp³-hybridized carbons (Fsp3) is 0.250. The minimum Gasteiger partial charge on any atom is -0.275 e. The van der Waals surface area contributed by atoms with Gasteiger partial charge in [0, 0.05) is 43.5 Å². The number of benzene rings is 1. The topological polar surface area (TPSA) is 98.3 Å². The van der Waals surface area contributed by atoms with Gasteiger partial charge in [-0.2, -0.15) is 9.40 Å². The first-order chi connectivity index (χ1) is 10.2. The van der Waals surface area contributed by atoms with Crippen LogP contribution in [-0.2, 0) is 23.6 Å². The van der Waals surface area contributed by atoms with Crippen LogP contribution in [0.3, 0.4) is 0 Å². The van der Waals surface area contributed by atoms with Crippen LogP contribution in [0.25, 0.3) is 0 Å². The summed E-state index contributed by atoms with van der Waals surface area (Å²) in [6.07, 6.45) is 3.20. The Hall–Kier alpha value is -1.97. The Bertz CT molecular complexity index is 818. The van der Waals surface area contributed by atoms with Crippen LogP contribution in [0, 0.1) is 10.1 Å². The summed E-state index contributed by atoms with van der Waals surface area (Å²) in [5.74, 6) is 0. The molecule has 0 bridgehead atoms. The molecule has 2 rings (SSSR count). The highest BCUT2D eigenvalue weighted by molar-refractivity contribution is 7.89. The Morgan fingerprint density at radius 2 is 2.14 bits per heavy atom. The molecule has 0 amide bonds. The molecule has 1 heterocycles. The molecule has 2 aromatic rings. The van der Waals surface area contributed by atoms with Gasteiger partial charge in [-0.15, -0.1) is 0 Å². The molecule has 1 aromatic heterocycles. The molecule has 0 saturated carbocycles. The Balaban J connectivity index is 2.39. The zero-order valence-electron chi connectivity index (χ0n) is 11.8. The van der Waals surface area contributed by atoms with Gasteiger partial charge in [0.1, 0.15) is 0 Å². The van der Waals surface area contributed by atoms with Crippen molar-refractivity contribution in [1.29, 1.82) is 0 Å². The van der Waals surface area contributed by atoms with Crippen molar-refractivity contribution >= 4 is 27.3 Å². The molecule has 0 aliphatic carbocycles. The van der Waals surface area contributed by atoms with E-state index in [0.717, 1.165) is 16.4 Å². The molecule has 118 valence electrons. The lowest BCUT2D eigenvalue weighted by Gasteiger charge is -2.16. The van der Waals surface area contributed by atoms with Crippen molar-refractivity contribution < 1.29 is 13.3 Å². The van der Waals surface area contributed by atoms with Crippen molar-refractivity contribution in [2.45, 2.75) is 11.4 Å². The molecule has 0 saturated heterocycles. The summed E-state index contributed by atoms with van der Waals surface area (Å²) in [7, 11) is -0.966. The second-order valence-electron chi connectivity index (χ2n) is 4.65. The van der Waals surface area contributed by atoms with Crippen LogP contribution in [0.2, 0.25) is 5.02 Å². The number of nitro groups is 1. The smallest absolute Gasteiger partial charge is 0.275 e. The van der Waals surface area contributed by atoms with Gasteiger partial charge < -0.3 is 0 Å². The van der Waals surface area contributed by atoms with Crippen LogP contribution < -0.4 is 0 Å². The lowest BCUT2D eigenvalue weighted by Crippen LogP contribution is -2.27. The van der Waals surface area contributed by atoms with E-state index in [-0.39, 0.29) is 11.6 Å². The van der Waals surface area contributed by atoms with Gasteiger partial charge in [-0.3, -0.25) is 14.8 Å². The molecule has 0 N–H and O–H groups in total. The molecule has 0 spiro atoms. The maximum absolute atomic E-state index is 12.5. The van der Waals surface area contributed by atoms with Gasteiger partial charge in [0.25, 0.3) is 5.69 Å². The third kappa shape index (κ3) is 3.26. The first-order valence-corrected chi connectivity index (χ1v) is 7.91. The van der Waals surface area contributed by atoms with Gasteiger partial charge in [-0.05, 0) is 12.1 Å². The van der Waals surface area contributed by atoms with E-state index in [4.69, 9.17) is 11.6 Å². The fourth-order valence-electron chi connectivity index (χ4n) is 1.91. The number of hydrogen-bond acceptors (Lipinski definition) is 5. The third-order valence-corrected chi connectivity index (χ3v) is 5.06. The Kier molecular flexibility index (Phi) is 4.50. The number of hydrogen-bond donors (Lipinski definition) is 0. The summed E-state index contributed by atoms with van der Waals surface area (Å²) in [6.45, 7) is 0.0515. The van der Waals surface area contributed by atoms with Crippen LogP contribution in [0.15, 0.2) is 35.5 Å². The Labute approximate surface area is 132 Å². The number of nitro benzene ring substituents is 1. The number of aryl methyl sites for hydroxylation is 1. The normalized spacial score (nSPS) is 11.8. The summed E-state index contributed by atoms with van der Waals surface area (Å²) in [5.41, 5.74) is 0.121. The van der Waals surface area contributed by atoms with E-state index in [1.807, 2.05) is 0 Å². The van der Waals surface area contributed by atoms with Gasteiger partial charge in [0.05, 0.1) is 11.1 Å². The fourth-order valence-corrected chi connectivity index (χ4v) is 3.37. The highest BCUT2D eigenvalue weighted by Crippen LogP contribution is 2.29. The monoisotopic (exact) mass is 344 g/mol. The van der Waals surface area contributed by atoms with Crippen molar-refractivity contribution in [3.05, 3.63) is 51.3 Å². The minimum atomic E-state index is -4.02. The summed E-state index contributed by atoms with van der Waals surface area (Å²) in [5, 5.41) is 15.1. The van der Waals surface area contributed by atoms with Gasteiger partial charge in [0.2, 0.25) is 10.0 Å². The molecule has 0 unspecified atom stereocenters. The van der Waals surface area contributed by atoms with E-state index >= 15 is 0 Å². The van der Waals surface area contributed by atoms with Gasteiger partial charge in [-0.1, -0.05) is 11.6 Å². The maximum atomic E-state index is 12.5. The summed E-state index contributed by atoms with van der Waals surface area (Å²) in [6, 6.07) is 3.46. The molecular formula is C12H13ClN4O4S.